The van der Waals surface area contributed by atoms with Gasteiger partial charge in [-0.3, -0.25) is 0 Å². The summed E-state index contributed by atoms with van der Waals surface area (Å²) in [5.74, 6) is 2.11. The molecule has 0 N–H and O–H groups in total. The van der Waals surface area contributed by atoms with Gasteiger partial charge in [0.15, 0.2) is 0 Å². The highest BCUT2D eigenvalue weighted by Crippen LogP contribution is 2.50. The number of rotatable bonds is 0. The minimum atomic E-state index is -0.334. The highest BCUT2D eigenvalue weighted by atomic mass is 32.2. The average molecular weight is 192 g/mol. The molecule has 0 saturated carbocycles. The van der Waals surface area contributed by atoms with Crippen LogP contribution in [0.15, 0.2) is 0 Å². The number of thioether (sulfide) groups is 2. The van der Waals surface area contributed by atoms with Gasteiger partial charge >= 0.3 is 0 Å². The summed E-state index contributed by atoms with van der Waals surface area (Å²) in [4.78, 5) is 0. The van der Waals surface area contributed by atoms with E-state index in [0.29, 0.717) is 12.2 Å². The molecule has 0 aromatic rings. The molecular formula is C7H12O2S2. The molecule has 2 heterocycles. The van der Waals surface area contributed by atoms with Crippen LogP contribution in [-0.4, -0.2) is 28.2 Å². The van der Waals surface area contributed by atoms with Gasteiger partial charge in [0.2, 0.25) is 0 Å². The Kier molecular flexibility index (Phi) is 2.12. The Bertz CT molecular complexity index is 145. The standard InChI is InChI=1S/C7H12O2S2/c1-5-3-10-7(8-5)9-6(2)4-11-7/h5-6H,3-4H2,1-2H3. The summed E-state index contributed by atoms with van der Waals surface area (Å²) in [5.41, 5.74) is 0. The van der Waals surface area contributed by atoms with E-state index in [-0.39, 0.29) is 4.45 Å². The first-order valence-corrected chi connectivity index (χ1v) is 5.81. The van der Waals surface area contributed by atoms with Crippen LogP contribution >= 0.6 is 23.5 Å². The fourth-order valence-corrected chi connectivity index (χ4v) is 3.89. The van der Waals surface area contributed by atoms with Crippen molar-refractivity contribution in [2.45, 2.75) is 30.5 Å². The summed E-state index contributed by atoms with van der Waals surface area (Å²) in [6, 6.07) is 0. The van der Waals surface area contributed by atoms with Gasteiger partial charge in [0.05, 0.1) is 12.2 Å². The van der Waals surface area contributed by atoms with Gasteiger partial charge in [0.1, 0.15) is 0 Å². The fraction of sp³-hybridized carbons (Fsp3) is 1.00. The van der Waals surface area contributed by atoms with Gasteiger partial charge in [-0.15, -0.1) is 0 Å². The van der Waals surface area contributed by atoms with Crippen LogP contribution in [0.2, 0.25) is 0 Å². The van der Waals surface area contributed by atoms with Crippen molar-refractivity contribution in [3.63, 3.8) is 0 Å². The van der Waals surface area contributed by atoms with E-state index in [2.05, 4.69) is 13.8 Å². The van der Waals surface area contributed by atoms with E-state index >= 15 is 0 Å². The molecule has 64 valence electrons. The molecule has 2 fully saturated rings. The summed E-state index contributed by atoms with van der Waals surface area (Å²) in [5, 5.41) is 0. The molecule has 2 nitrogen and oxygen atoms in total. The summed E-state index contributed by atoms with van der Waals surface area (Å²) in [7, 11) is 0. The van der Waals surface area contributed by atoms with Gasteiger partial charge in [-0.05, 0) is 13.8 Å². The lowest BCUT2D eigenvalue weighted by molar-refractivity contribution is -0.126. The van der Waals surface area contributed by atoms with Crippen LogP contribution in [0, 0.1) is 0 Å². The van der Waals surface area contributed by atoms with E-state index in [1.165, 1.54) is 0 Å². The van der Waals surface area contributed by atoms with Crippen molar-refractivity contribution >= 4 is 23.5 Å². The molecule has 2 rings (SSSR count). The molecule has 0 bridgehead atoms. The fourth-order valence-electron chi connectivity index (χ4n) is 1.21. The minimum Gasteiger partial charge on any atom is -0.329 e. The average Bonchev–Trinajstić information content (AvgIpc) is 2.44. The first-order valence-electron chi connectivity index (χ1n) is 3.84. The topological polar surface area (TPSA) is 18.5 Å². The minimum absolute atomic E-state index is 0.334. The normalized spacial score (nSPS) is 50.7. The Balaban J connectivity index is 2.02. The molecule has 2 atom stereocenters. The van der Waals surface area contributed by atoms with E-state index in [1.54, 1.807) is 23.5 Å². The van der Waals surface area contributed by atoms with Crippen LogP contribution in [0.25, 0.3) is 0 Å². The van der Waals surface area contributed by atoms with Crippen molar-refractivity contribution in [3.8, 4) is 0 Å². The maximum absolute atomic E-state index is 5.68. The number of hydrogen-bond donors (Lipinski definition) is 0. The van der Waals surface area contributed by atoms with Crippen molar-refractivity contribution in [1.82, 2.24) is 0 Å². The van der Waals surface area contributed by atoms with Crippen LogP contribution in [0.5, 0.6) is 0 Å². The maximum Gasteiger partial charge on any atom is 0.270 e. The van der Waals surface area contributed by atoms with E-state index in [9.17, 15) is 0 Å². The zero-order valence-corrected chi connectivity index (χ0v) is 8.33. The maximum atomic E-state index is 5.68. The number of hydrogen-bond acceptors (Lipinski definition) is 4. The molecule has 0 aliphatic carbocycles. The second-order valence-corrected chi connectivity index (χ2v) is 5.56. The largest absolute Gasteiger partial charge is 0.329 e. The Hall–Kier alpha value is 0.620. The van der Waals surface area contributed by atoms with Crippen LogP contribution in [0.1, 0.15) is 13.8 Å². The first-order chi connectivity index (χ1) is 5.20. The lowest BCUT2D eigenvalue weighted by Crippen LogP contribution is -2.22. The predicted octanol–water partition coefficient (Wildman–Crippen LogP) is 1.90. The van der Waals surface area contributed by atoms with Crippen LogP contribution in [-0.2, 0) is 9.47 Å². The zero-order chi connectivity index (χ0) is 7.90. The van der Waals surface area contributed by atoms with Crippen LogP contribution < -0.4 is 0 Å². The molecule has 2 aliphatic heterocycles. The van der Waals surface area contributed by atoms with Crippen molar-refractivity contribution in [2.75, 3.05) is 11.5 Å². The summed E-state index contributed by atoms with van der Waals surface area (Å²) >= 11 is 3.57. The van der Waals surface area contributed by atoms with E-state index in [0.717, 1.165) is 11.5 Å². The molecule has 0 aromatic heterocycles. The van der Waals surface area contributed by atoms with Gasteiger partial charge in [-0.25, -0.2) is 0 Å². The quantitative estimate of drug-likeness (QED) is 0.583. The van der Waals surface area contributed by atoms with Crippen LogP contribution in [0.3, 0.4) is 0 Å². The smallest absolute Gasteiger partial charge is 0.270 e. The van der Waals surface area contributed by atoms with Crippen molar-refractivity contribution in [2.24, 2.45) is 0 Å². The second kappa shape index (κ2) is 2.83. The first kappa shape index (κ1) is 8.23. The predicted molar refractivity (Wildman–Crippen MR) is 48.7 cm³/mol. The Morgan fingerprint density at radius 1 is 1.09 bits per heavy atom. The van der Waals surface area contributed by atoms with E-state index in [1.807, 2.05) is 0 Å². The SMILES string of the molecule is CC1CSC2(O1)OC(C)CS2. The van der Waals surface area contributed by atoms with Crippen LogP contribution in [0.4, 0.5) is 0 Å². The summed E-state index contributed by atoms with van der Waals surface area (Å²) in [6.07, 6.45) is 0.690. The molecule has 11 heavy (non-hydrogen) atoms. The van der Waals surface area contributed by atoms with Gasteiger partial charge in [-0.1, -0.05) is 23.5 Å². The third-order valence-electron chi connectivity index (χ3n) is 1.68. The van der Waals surface area contributed by atoms with E-state index < -0.39 is 0 Å². The highest BCUT2D eigenvalue weighted by Gasteiger charge is 2.46. The summed E-state index contributed by atoms with van der Waals surface area (Å²) < 4.78 is 11.0. The molecule has 0 radical (unpaired) electrons. The third-order valence-corrected chi connectivity index (χ3v) is 4.75. The van der Waals surface area contributed by atoms with Gasteiger partial charge in [-0.2, -0.15) is 0 Å². The Morgan fingerprint density at radius 2 is 1.55 bits per heavy atom. The molecule has 2 unspecified atom stereocenters. The molecular weight excluding hydrogens is 180 g/mol. The number of ether oxygens (including phenoxy) is 2. The van der Waals surface area contributed by atoms with Gasteiger partial charge < -0.3 is 9.47 Å². The monoisotopic (exact) mass is 192 g/mol. The molecule has 1 spiro atoms. The Labute approximate surface area is 75.4 Å². The molecule has 2 aliphatic rings. The molecule has 0 amide bonds. The van der Waals surface area contributed by atoms with Crippen molar-refractivity contribution in [1.29, 1.82) is 0 Å². The molecule has 4 heteroatoms. The lowest BCUT2D eigenvalue weighted by atomic mass is 10.5. The van der Waals surface area contributed by atoms with Gasteiger partial charge in [0.25, 0.3) is 4.45 Å². The zero-order valence-electron chi connectivity index (χ0n) is 6.70. The van der Waals surface area contributed by atoms with Gasteiger partial charge in [0, 0.05) is 11.5 Å². The van der Waals surface area contributed by atoms with Crippen molar-refractivity contribution in [3.05, 3.63) is 0 Å². The highest BCUT2D eigenvalue weighted by molar-refractivity contribution is 8.18. The van der Waals surface area contributed by atoms with Crippen molar-refractivity contribution < 1.29 is 9.47 Å². The second-order valence-electron chi connectivity index (χ2n) is 2.98. The third kappa shape index (κ3) is 1.54. The lowest BCUT2D eigenvalue weighted by Gasteiger charge is -2.20. The summed E-state index contributed by atoms with van der Waals surface area (Å²) in [6.45, 7) is 4.18. The molecule has 2 saturated heterocycles. The molecule has 0 aromatic carbocycles. The van der Waals surface area contributed by atoms with E-state index in [4.69, 9.17) is 9.47 Å². The Morgan fingerprint density at radius 3 is 1.82 bits per heavy atom.